The SMILES string of the molecule is NCc1ccccc1NC(=O)c1cc(F)c(F)c(F)c1. The van der Waals surface area contributed by atoms with Gasteiger partial charge in [0.25, 0.3) is 5.91 Å². The van der Waals surface area contributed by atoms with Crippen LogP contribution in [0.25, 0.3) is 0 Å². The van der Waals surface area contributed by atoms with Crippen molar-refractivity contribution in [3.63, 3.8) is 0 Å². The monoisotopic (exact) mass is 280 g/mol. The third-order valence-corrected chi connectivity index (χ3v) is 2.73. The fraction of sp³-hybridized carbons (Fsp3) is 0.0714. The second kappa shape index (κ2) is 5.75. The molecule has 3 N–H and O–H groups in total. The van der Waals surface area contributed by atoms with Gasteiger partial charge >= 0.3 is 0 Å². The molecule has 6 heteroatoms. The molecule has 2 aromatic rings. The Balaban J connectivity index is 2.29. The van der Waals surface area contributed by atoms with E-state index in [9.17, 15) is 18.0 Å². The lowest BCUT2D eigenvalue weighted by Gasteiger charge is -2.10. The van der Waals surface area contributed by atoms with E-state index >= 15 is 0 Å². The summed E-state index contributed by atoms with van der Waals surface area (Å²) in [7, 11) is 0. The molecule has 3 nitrogen and oxygen atoms in total. The maximum Gasteiger partial charge on any atom is 0.255 e. The second-order valence-electron chi connectivity index (χ2n) is 4.07. The molecule has 0 saturated carbocycles. The number of nitrogens with one attached hydrogen (secondary N) is 1. The van der Waals surface area contributed by atoms with E-state index in [4.69, 9.17) is 5.73 Å². The highest BCUT2D eigenvalue weighted by Gasteiger charge is 2.15. The molecule has 0 bridgehead atoms. The van der Waals surface area contributed by atoms with Crippen LogP contribution in [-0.2, 0) is 6.54 Å². The summed E-state index contributed by atoms with van der Waals surface area (Å²) in [5, 5.41) is 2.48. The van der Waals surface area contributed by atoms with Crippen molar-refractivity contribution in [2.45, 2.75) is 6.54 Å². The van der Waals surface area contributed by atoms with E-state index in [1.807, 2.05) is 0 Å². The summed E-state index contributed by atoms with van der Waals surface area (Å²) in [6, 6.07) is 8.02. The molecular weight excluding hydrogens is 269 g/mol. The minimum Gasteiger partial charge on any atom is -0.326 e. The number of halogens is 3. The normalized spacial score (nSPS) is 10.4. The molecule has 0 atom stereocenters. The molecule has 2 aromatic carbocycles. The van der Waals surface area contributed by atoms with E-state index in [0.29, 0.717) is 23.4 Å². The van der Waals surface area contributed by atoms with Gasteiger partial charge in [0.05, 0.1) is 0 Å². The van der Waals surface area contributed by atoms with Crippen LogP contribution >= 0.6 is 0 Å². The van der Waals surface area contributed by atoms with Crippen LogP contribution in [0.5, 0.6) is 0 Å². The molecule has 0 radical (unpaired) electrons. The van der Waals surface area contributed by atoms with Crippen LogP contribution in [0.2, 0.25) is 0 Å². The van der Waals surface area contributed by atoms with Crippen LogP contribution in [0, 0.1) is 17.5 Å². The number of carbonyl (C=O) groups excluding carboxylic acids is 1. The van der Waals surface area contributed by atoms with E-state index < -0.39 is 23.4 Å². The Morgan fingerprint density at radius 1 is 1.10 bits per heavy atom. The van der Waals surface area contributed by atoms with Crippen LogP contribution in [0.15, 0.2) is 36.4 Å². The molecule has 0 saturated heterocycles. The zero-order valence-corrected chi connectivity index (χ0v) is 10.3. The van der Waals surface area contributed by atoms with Gasteiger partial charge < -0.3 is 11.1 Å². The number of benzene rings is 2. The smallest absolute Gasteiger partial charge is 0.255 e. The largest absolute Gasteiger partial charge is 0.326 e. The Kier molecular flexibility index (Phi) is 4.05. The summed E-state index contributed by atoms with van der Waals surface area (Å²) in [4.78, 5) is 11.9. The number of nitrogens with two attached hydrogens (primary N) is 1. The van der Waals surface area contributed by atoms with Crippen molar-refractivity contribution >= 4 is 11.6 Å². The van der Waals surface area contributed by atoms with Crippen LogP contribution < -0.4 is 11.1 Å². The van der Waals surface area contributed by atoms with Gasteiger partial charge in [-0.2, -0.15) is 0 Å². The van der Waals surface area contributed by atoms with Crippen molar-refractivity contribution in [1.29, 1.82) is 0 Å². The second-order valence-corrected chi connectivity index (χ2v) is 4.07. The number of anilines is 1. The third-order valence-electron chi connectivity index (χ3n) is 2.73. The zero-order valence-electron chi connectivity index (χ0n) is 10.3. The van der Waals surface area contributed by atoms with E-state index in [2.05, 4.69) is 5.32 Å². The minimum atomic E-state index is -1.61. The lowest BCUT2D eigenvalue weighted by Crippen LogP contribution is -2.15. The number of carbonyl (C=O) groups is 1. The summed E-state index contributed by atoms with van der Waals surface area (Å²) in [5.41, 5.74) is 6.31. The molecule has 0 aliphatic heterocycles. The summed E-state index contributed by atoms with van der Waals surface area (Å²) < 4.78 is 39.0. The zero-order chi connectivity index (χ0) is 14.7. The first kappa shape index (κ1) is 14.1. The Morgan fingerprint density at radius 2 is 1.70 bits per heavy atom. The molecule has 1 amide bonds. The van der Waals surface area contributed by atoms with Crippen LogP contribution in [0.3, 0.4) is 0 Å². The third kappa shape index (κ3) is 2.80. The van der Waals surface area contributed by atoms with E-state index in [0.717, 1.165) is 0 Å². The minimum absolute atomic E-state index is 0.197. The highest BCUT2D eigenvalue weighted by molar-refractivity contribution is 6.04. The highest BCUT2D eigenvalue weighted by atomic mass is 19.2. The van der Waals surface area contributed by atoms with Gasteiger partial charge in [-0.25, -0.2) is 13.2 Å². The first-order valence-electron chi connectivity index (χ1n) is 5.76. The lowest BCUT2D eigenvalue weighted by atomic mass is 10.1. The van der Waals surface area contributed by atoms with Crippen molar-refractivity contribution in [2.75, 3.05) is 5.32 Å². The van der Waals surface area contributed by atoms with Crippen molar-refractivity contribution in [1.82, 2.24) is 0 Å². The van der Waals surface area contributed by atoms with Crippen molar-refractivity contribution in [3.05, 3.63) is 65.0 Å². The lowest BCUT2D eigenvalue weighted by molar-refractivity contribution is 0.102. The molecule has 0 aliphatic carbocycles. The van der Waals surface area contributed by atoms with Gasteiger partial charge in [-0.3, -0.25) is 4.79 Å². The molecular formula is C14H11F3N2O. The summed E-state index contributed by atoms with van der Waals surface area (Å²) in [6.45, 7) is 0.197. The summed E-state index contributed by atoms with van der Waals surface area (Å²) >= 11 is 0. The van der Waals surface area contributed by atoms with Crippen molar-refractivity contribution in [3.8, 4) is 0 Å². The van der Waals surface area contributed by atoms with E-state index in [1.54, 1.807) is 24.3 Å². The average molecular weight is 280 g/mol. The maximum absolute atomic E-state index is 13.1. The number of rotatable bonds is 3. The van der Waals surface area contributed by atoms with Crippen LogP contribution in [0.1, 0.15) is 15.9 Å². The Labute approximate surface area is 113 Å². The maximum atomic E-state index is 13.1. The Hall–Kier alpha value is -2.34. The van der Waals surface area contributed by atoms with Crippen LogP contribution in [-0.4, -0.2) is 5.91 Å². The topological polar surface area (TPSA) is 55.1 Å². The predicted octanol–water partition coefficient (Wildman–Crippen LogP) is 2.81. The number of hydrogen-bond donors (Lipinski definition) is 2. The molecule has 2 rings (SSSR count). The molecule has 0 aromatic heterocycles. The average Bonchev–Trinajstić information content (AvgIpc) is 2.44. The van der Waals surface area contributed by atoms with Crippen molar-refractivity contribution < 1.29 is 18.0 Å². The van der Waals surface area contributed by atoms with Gasteiger partial charge in [0.2, 0.25) is 0 Å². The first-order valence-corrected chi connectivity index (χ1v) is 5.76. The van der Waals surface area contributed by atoms with Gasteiger partial charge in [0.1, 0.15) is 0 Å². The number of hydrogen-bond acceptors (Lipinski definition) is 2. The number of para-hydroxylation sites is 1. The highest BCUT2D eigenvalue weighted by Crippen LogP contribution is 2.18. The summed E-state index contributed by atoms with van der Waals surface area (Å²) in [5.74, 6) is -5.18. The fourth-order valence-corrected chi connectivity index (χ4v) is 1.70. The molecule has 0 aliphatic rings. The first-order chi connectivity index (χ1) is 9.52. The molecule has 0 fully saturated rings. The Bertz CT molecular complexity index is 636. The van der Waals surface area contributed by atoms with Gasteiger partial charge in [0.15, 0.2) is 17.5 Å². The molecule has 0 spiro atoms. The van der Waals surface area contributed by atoms with E-state index in [1.165, 1.54) is 0 Å². The molecule has 0 unspecified atom stereocenters. The quantitative estimate of drug-likeness (QED) is 0.849. The van der Waals surface area contributed by atoms with Gasteiger partial charge in [-0.15, -0.1) is 0 Å². The standard InChI is InChI=1S/C14H11F3N2O/c15-10-5-9(6-11(16)13(10)17)14(20)19-12-4-2-1-3-8(12)7-18/h1-6H,7,18H2,(H,19,20). The van der Waals surface area contributed by atoms with E-state index in [-0.39, 0.29) is 12.1 Å². The predicted molar refractivity (Wildman–Crippen MR) is 68.6 cm³/mol. The Morgan fingerprint density at radius 3 is 2.30 bits per heavy atom. The van der Waals surface area contributed by atoms with Gasteiger partial charge in [0, 0.05) is 17.8 Å². The van der Waals surface area contributed by atoms with Crippen LogP contribution in [0.4, 0.5) is 18.9 Å². The summed E-state index contributed by atoms with van der Waals surface area (Å²) in [6.07, 6.45) is 0. The molecule has 20 heavy (non-hydrogen) atoms. The fourth-order valence-electron chi connectivity index (χ4n) is 1.70. The molecule has 104 valence electrons. The van der Waals surface area contributed by atoms with Crippen molar-refractivity contribution in [2.24, 2.45) is 5.73 Å². The van der Waals surface area contributed by atoms with Gasteiger partial charge in [-0.1, -0.05) is 18.2 Å². The molecule has 0 heterocycles. The number of amides is 1. The van der Waals surface area contributed by atoms with Gasteiger partial charge in [-0.05, 0) is 23.8 Å².